The van der Waals surface area contributed by atoms with E-state index in [9.17, 15) is 9.59 Å². The minimum absolute atomic E-state index is 0.00620. The van der Waals surface area contributed by atoms with Crippen LogP contribution in [0.2, 0.25) is 5.02 Å². The first-order valence-corrected chi connectivity index (χ1v) is 8.83. The van der Waals surface area contributed by atoms with E-state index in [1.165, 1.54) is 0 Å². The van der Waals surface area contributed by atoms with Gasteiger partial charge in [-0.1, -0.05) is 54.1 Å². The lowest BCUT2D eigenvalue weighted by molar-refractivity contribution is -0.127. The highest BCUT2D eigenvalue weighted by atomic mass is 35.5. The predicted octanol–water partition coefficient (Wildman–Crippen LogP) is 4.47. The van der Waals surface area contributed by atoms with Gasteiger partial charge < -0.3 is 4.90 Å². The Labute approximate surface area is 152 Å². The quantitative estimate of drug-likeness (QED) is 0.600. The van der Waals surface area contributed by atoms with Gasteiger partial charge >= 0.3 is 0 Å². The van der Waals surface area contributed by atoms with Gasteiger partial charge in [0.05, 0.1) is 0 Å². The molecular weight excluding hydrogens is 334 g/mol. The van der Waals surface area contributed by atoms with Crippen LogP contribution in [0.4, 0.5) is 0 Å². The average Bonchev–Trinajstić information content (AvgIpc) is 2.67. The van der Waals surface area contributed by atoms with Crippen LogP contribution in [0.3, 0.4) is 0 Å². The summed E-state index contributed by atoms with van der Waals surface area (Å²) in [6, 6.07) is 16.7. The molecule has 1 fully saturated rings. The predicted molar refractivity (Wildman–Crippen MR) is 101 cm³/mol. The maximum atomic E-state index is 12.5. The van der Waals surface area contributed by atoms with Gasteiger partial charge in [0.1, 0.15) is 0 Å². The van der Waals surface area contributed by atoms with Crippen molar-refractivity contribution in [3.05, 3.63) is 76.8 Å². The van der Waals surface area contributed by atoms with Crippen molar-refractivity contribution in [2.75, 3.05) is 13.1 Å². The molecule has 0 aromatic heterocycles. The number of ketones is 1. The number of carbonyl (C=O) groups is 2. The van der Waals surface area contributed by atoms with Crippen molar-refractivity contribution < 1.29 is 9.59 Å². The van der Waals surface area contributed by atoms with Crippen LogP contribution in [0.15, 0.2) is 60.7 Å². The molecule has 0 N–H and O–H groups in total. The third-order valence-corrected chi connectivity index (χ3v) is 4.78. The second kappa shape index (κ2) is 8.13. The number of piperidine rings is 1. The van der Waals surface area contributed by atoms with Gasteiger partial charge in [0, 0.05) is 35.7 Å². The van der Waals surface area contributed by atoms with Crippen LogP contribution >= 0.6 is 11.6 Å². The van der Waals surface area contributed by atoms with E-state index in [1.54, 1.807) is 29.2 Å². The largest absolute Gasteiger partial charge is 0.339 e. The van der Waals surface area contributed by atoms with Crippen molar-refractivity contribution >= 4 is 29.4 Å². The molecule has 1 aliphatic rings. The number of hydrogen-bond donors (Lipinski definition) is 0. The Morgan fingerprint density at radius 3 is 2.24 bits per heavy atom. The van der Waals surface area contributed by atoms with Crippen molar-refractivity contribution in [3.8, 4) is 0 Å². The van der Waals surface area contributed by atoms with Gasteiger partial charge in [0.2, 0.25) is 5.91 Å². The Morgan fingerprint density at radius 1 is 0.960 bits per heavy atom. The summed E-state index contributed by atoms with van der Waals surface area (Å²) in [5.74, 6) is 0.177. The highest BCUT2D eigenvalue weighted by Crippen LogP contribution is 2.22. The first-order valence-electron chi connectivity index (χ1n) is 8.45. The number of hydrogen-bond acceptors (Lipinski definition) is 2. The van der Waals surface area contributed by atoms with Gasteiger partial charge in [-0.15, -0.1) is 0 Å². The van der Waals surface area contributed by atoms with Crippen LogP contribution in [0, 0.1) is 5.92 Å². The first kappa shape index (κ1) is 17.4. The summed E-state index contributed by atoms with van der Waals surface area (Å²) >= 11 is 5.85. The van der Waals surface area contributed by atoms with Crippen LogP contribution in [0.25, 0.3) is 6.08 Å². The van der Waals surface area contributed by atoms with Crippen molar-refractivity contribution in [2.45, 2.75) is 12.8 Å². The van der Waals surface area contributed by atoms with Gasteiger partial charge in [-0.2, -0.15) is 0 Å². The van der Waals surface area contributed by atoms with Crippen LogP contribution in [0.5, 0.6) is 0 Å². The summed E-state index contributed by atoms with van der Waals surface area (Å²) in [6.07, 6.45) is 4.81. The van der Waals surface area contributed by atoms with E-state index in [2.05, 4.69) is 0 Å². The van der Waals surface area contributed by atoms with E-state index in [1.807, 2.05) is 42.5 Å². The zero-order valence-corrected chi connectivity index (χ0v) is 14.7. The van der Waals surface area contributed by atoms with Gasteiger partial charge in [0.25, 0.3) is 0 Å². The Bertz CT molecular complexity index is 760. The van der Waals surface area contributed by atoms with E-state index in [4.69, 9.17) is 11.6 Å². The highest BCUT2D eigenvalue weighted by Gasteiger charge is 2.27. The second-order valence-corrected chi connectivity index (χ2v) is 6.65. The number of Topliss-reactive ketones (excluding diaryl/α,β-unsaturated/α-hetero) is 1. The van der Waals surface area contributed by atoms with E-state index in [0.717, 1.165) is 11.1 Å². The lowest BCUT2D eigenvalue weighted by Gasteiger charge is -2.30. The number of benzene rings is 2. The molecule has 1 amide bonds. The summed E-state index contributed by atoms with van der Waals surface area (Å²) < 4.78 is 0. The number of carbonyl (C=O) groups excluding carboxylic acids is 2. The molecule has 0 saturated carbocycles. The van der Waals surface area contributed by atoms with E-state index >= 15 is 0 Å². The maximum Gasteiger partial charge on any atom is 0.246 e. The van der Waals surface area contributed by atoms with E-state index < -0.39 is 0 Å². The van der Waals surface area contributed by atoms with Gasteiger partial charge in [-0.25, -0.2) is 0 Å². The van der Waals surface area contributed by atoms with Crippen LogP contribution < -0.4 is 0 Å². The first-order chi connectivity index (χ1) is 12.1. The molecule has 0 aliphatic carbocycles. The fraction of sp³-hybridized carbons (Fsp3) is 0.238. The van der Waals surface area contributed by atoms with Crippen LogP contribution in [-0.2, 0) is 4.79 Å². The van der Waals surface area contributed by atoms with Gasteiger partial charge in [0.15, 0.2) is 5.78 Å². The molecule has 2 aromatic carbocycles. The molecule has 0 radical (unpaired) electrons. The summed E-state index contributed by atoms with van der Waals surface area (Å²) in [4.78, 5) is 26.6. The van der Waals surface area contributed by atoms with Crippen molar-refractivity contribution in [2.24, 2.45) is 5.92 Å². The van der Waals surface area contributed by atoms with Gasteiger partial charge in [-0.05, 0) is 36.6 Å². The van der Waals surface area contributed by atoms with E-state index in [0.29, 0.717) is 31.0 Å². The molecular formula is C21H20ClNO2. The number of amides is 1. The van der Waals surface area contributed by atoms with E-state index in [-0.39, 0.29) is 17.6 Å². The maximum absolute atomic E-state index is 12.5. The molecule has 1 aliphatic heterocycles. The molecule has 128 valence electrons. The monoisotopic (exact) mass is 353 g/mol. The Balaban J connectivity index is 1.54. The summed E-state index contributed by atoms with van der Waals surface area (Å²) in [5.41, 5.74) is 1.70. The van der Waals surface area contributed by atoms with Gasteiger partial charge in [-0.3, -0.25) is 9.59 Å². The van der Waals surface area contributed by atoms with Crippen LogP contribution in [-0.4, -0.2) is 29.7 Å². The lowest BCUT2D eigenvalue weighted by Crippen LogP contribution is -2.39. The summed E-state index contributed by atoms with van der Waals surface area (Å²) in [7, 11) is 0. The van der Waals surface area contributed by atoms with Crippen LogP contribution in [0.1, 0.15) is 28.8 Å². The van der Waals surface area contributed by atoms with Crippen molar-refractivity contribution in [3.63, 3.8) is 0 Å². The molecule has 0 atom stereocenters. The molecule has 4 heteroatoms. The summed E-state index contributed by atoms with van der Waals surface area (Å²) in [6.45, 7) is 1.24. The SMILES string of the molecule is O=C(c1ccccc1)C1CCN(C(=O)C=Cc2ccc(Cl)cc2)CC1. The third kappa shape index (κ3) is 4.58. The smallest absolute Gasteiger partial charge is 0.246 e. The Morgan fingerprint density at radius 2 is 1.60 bits per heavy atom. The molecule has 1 heterocycles. The normalized spacial score (nSPS) is 15.5. The fourth-order valence-corrected chi connectivity index (χ4v) is 3.17. The zero-order valence-electron chi connectivity index (χ0n) is 13.9. The standard InChI is InChI=1S/C21H20ClNO2/c22-19-9-6-16(7-10-19)8-11-20(24)23-14-12-18(13-15-23)21(25)17-4-2-1-3-5-17/h1-11,18H,12-15H2. The lowest BCUT2D eigenvalue weighted by atomic mass is 9.89. The number of halogens is 1. The molecule has 2 aromatic rings. The number of likely N-dealkylation sites (tertiary alicyclic amines) is 1. The Hall–Kier alpha value is -2.39. The second-order valence-electron chi connectivity index (χ2n) is 6.21. The molecule has 3 rings (SSSR count). The molecule has 1 saturated heterocycles. The minimum atomic E-state index is -0.0134. The minimum Gasteiger partial charge on any atom is -0.339 e. The molecule has 0 bridgehead atoms. The number of nitrogens with zero attached hydrogens (tertiary/aromatic N) is 1. The van der Waals surface area contributed by atoms with Crippen molar-refractivity contribution in [1.82, 2.24) is 4.90 Å². The number of rotatable bonds is 4. The van der Waals surface area contributed by atoms with Crippen molar-refractivity contribution in [1.29, 1.82) is 0 Å². The molecule has 3 nitrogen and oxygen atoms in total. The highest BCUT2D eigenvalue weighted by molar-refractivity contribution is 6.30. The third-order valence-electron chi connectivity index (χ3n) is 4.52. The summed E-state index contributed by atoms with van der Waals surface area (Å²) in [5, 5.41) is 0.675. The zero-order chi connectivity index (χ0) is 17.6. The topological polar surface area (TPSA) is 37.4 Å². The Kier molecular flexibility index (Phi) is 5.67. The molecule has 0 spiro atoms. The molecule has 25 heavy (non-hydrogen) atoms. The average molecular weight is 354 g/mol. The fourth-order valence-electron chi connectivity index (χ4n) is 3.05. The molecule has 0 unspecified atom stereocenters.